The molecule has 2 rings (SSSR count). The predicted octanol–water partition coefficient (Wildman–Crippen LogP) is 2.07. The zero-order valence-corrected chi connectivity index (χ0v) is 12.9. The molecule has 0 aliphatic carbocycles. The van der Waals surface area contributed by atoms with Gasteiger partial charge in [-0.15, -0.1) is 12.4 Å². The molecule has 1 aromatic carbocycles. The van der Waals surface area contributed by atoms with Crippen LogP contribution in [0.5, 0.6) is 0 Å². The number of rotatable bonds is 4. The van der Waals surface area contributed by atoms with Crippen molar-refractivity contribution in [2.24, 2.45) is 11.1 Å². The fourth-order valence-corrected chi connectivity index (χ4v) is 2.55. The maximum atomic E-state index is 11.3. The van der Waals surface area contributed by atoms with E-state index < -0.39 is 0 Å². The average molecular weight is 299 g/mol. The fraction of sp³-hybridized carbons (Fsp3) is 0.533. The van der Waals surface area contributed by atoms with Crippen LogP contribution in [0.3, 0.4) is 0 Å². The summed E-state index contributed by atoms with van der Waals surface area (Å²) in [6.07, 6.45) is 1.16. The van der Waals surface area contributed by atoms with Gasteiger partial charge in [-0.25, -0.2) is 4.79 Å². The van der Waals surface area contributed by atoms with Crippen LogP contribution in [0.1, 0.15) is 29.3 Å². The van der Waals surface area contributed by atoms with Crippen molar-refractivity contribution in [3.05, 3.63) is 35.4 Å². The highest BCUT2D eigenvalue weighted by atomic mass is 35.5. The van der Waals surface area contributed by atoms with Gasteiger partial charge in [-0.2, -0.15) is 0 Å². The summed E-state index contributed by atoms with van der Waals surface area (Å²) < 4.78 is 4.69. The van der Waals surface area contributed by atoms with Gasteiger partial charge in [0.25, 0.3) is 0 Å². The summed E-state index contributed by atoms with van der Waals surface area (Å²) >= 11 is 0. The van der Waals surface area contributed by atoms with Gasteiger partial charge in [0.15, 0.2) is 0 Å². The Morgan fingerprint density at radius 3 is 2.55 bits per heavy atom. The normalized spacial score (nSPS) is 22.4. The molecule has 0 amide bonds. The van der Waals surface area contributed by atoms with E-state index in [0.29, 0.717) is 5.56 Å². The molecule has 0 aromatic heterocycles. The number of carbonyl (C=O) groups excluding carboxylic acids is 1. The third kappa shape index (κ3) is 3.95. The second-order valence-electron chi connectivity index (χ2n) is 5.66. The Kier molecular flexibility index (Phi) is 5.99. The first-order valence-corrected chi connectivity index (χ1v) is 6.66. The van der Waals surface area contributed by atoms with E-state index in [1.165, 1.54) is 12.7 Å². The van der Waals surface area contributed by atoms with E-state index in [4.69, 9.17) is 5.73 Å². The molecule has 1 aromatic rings. The number of halogens is 1. The summed E-state index contributed by atoms with van der Waals surface area (Å²) in [4.78, 5) is 13.8. The average Bonchev–Trinajstić information content (AvgIpc) is 2.81. The molecule has 1 saturated heterocycles. The second kappa shape index (κ2) is 7.07. The van der Waals surface area contributed by atoms with Crippen LogP contribution in [-0.4, -0.2) is 37.6 Å². The van der Waals surface area contributed by atoms with Crippen molar-refractivity contribution in [3.63, 3.8) is 0 Å². The first kappa shape index (κ1) is 17.0. The number of hydrogen-bond acceptors (Lipinski definition) is 4. The smallest absolute Gasteiger partial charge is 0.337 e. The molecular weight excluding hydrogens is 276 g/mol. The van der Waals surface area contributed by atoms with Crippen molar-refractivity contribution in [1.29, 1.82) is 0 Å². The third-order valence-corrected chi connectivity index (χ3v) is 3.91. The highest BCUT2D eigenvalue weighted by Gasteiger charge is 2.32. The molecule has 0 radical (unpaired) electrons. The Labute approximate surface area is 126 Å². The SMILES string of the molecule is COC(=O)c1ccc(CN2CCC(C)(CN)C2)cc1.Cl. The zero-order valence-electron chi connectivity index (χ0n) is 12.1. The number of carbonyl (C=O) groups is 1. The van der Waals surface area contributed by atoms with Crippen molar-refractivity contribution >= 4 is 18.4 Å². The van der Waals surface area contributed by atoms with Crippen molar-refractivity contribution in [2.45, 2.75) is 19.9 Å². The van der Waals surface area contributed by atoms with Crippen LogP contribution in [0.25, 0.3) is 0 Å². The molecule has 5 heteroatoms. The lowest BCUT2D eigenvalue weighted by atomic mass is 9.90. The zero-order chi connectivity index (χ0) is 13.9. The van der Waals surface area contributed by atoms with Crippen LogP contribution in [0.4, 0.5) is 0 Å². The predicted molar refractivity (Wildman–Crippen MR) is 82.1 cm³/mol. The maximum absolute atomic E-state index is 11.3. The van der Waals surface area contributed by atoms with Gasteiger partial charge < -0.3 is 10.5 Å². The fourth-order valence-electron chi connectivity index (χ4n) is 2.55. The first-order chi connectivity index (χ1) is 9.06. The van der Waals surface area contributed by atoms with Crippen LogP contribution in [0, 0.1) is 5.41 Å². The van der Waals surface area contributed by atoms with E-state index in [0.717, 1.165) is 32.6 Å². The van der Waals surface area contributed by atoms with Crippen molar-refractivity contribution in [3.8, 4) is 0 Å². The lowest BCUT2D eigenvalue weighted by Crippen LogP contribution is -2.31. The van der Waals surface area contributed by atoms with Gasteiger partial charge in [-0.1, -0.05) is 19.1 Å². The molecular formula is C15H23ClN2O2. The molecule has 1 aliphatic rings. The van der Waals surface area contributed by atoms with Gasteiger partial charge in [-0.05, 0) is 42.6 Å². The second-order valence-corrected chi connectivity index (χ2v) is 5.66. The monoisotopic (exact) mass is 298 g/mol. The molecule has 1 heterocycles. The highest BCUT2D eigenvalue weighted by molar-refractivity contribution is 5.89. The largest absolute Gasteiger partial charge is 0.465 e. The first-order valence-electron chi connectivity index (χ1n) is 6.66. The van der Waals surface area contributed by atoms with E-state index in [2.05, 4.69) is 16.6 Å². The van der Waals surface area contributed by atoms with Crippen LogP contribution in [-0.2, 0) is 11.3 Å². The molecule has 2 N–H and O–H groups in total. The van der Waals surface area contributed by atoms with Gasteiger partial charge in [0, 0.05) is 13.1 Å². The molecule has 20 heavy (non-hydrogen) atoms. The minimum atomic E-state index is -0.288. The summed E-state index contributed by atoms with van der Waals surface area (Å²) in [7, 11) is 1.40. The quantitative estimate of drug-likeness (QED) is 0.865. The molecule has 1 fully saturated rings. The Morgan fingerprint density at radius 1 is 1.40 bits per heavy atom. The van der Waals surface area contributed by atoms with E-state index in [1.807, 2.05) is 24.3 Å². The Hall–Kier alpha value is -1.10. The number of ether oxygens (including phenoxy) is 1. The van der Waals surface area contributed by atoms with Crippen molar-refractivity contribution in [1.82, 2.24) is 4.90 Å². The third-order valence-electron chi connectivity index (χ3n) is 3.91. The highest BCUT2D eigenvalue weighted by Crippen LogP contribution is 2.29. The van der Waals surface area contributed by atoms with E-state index in [1.54, 1.807) is 0 Å². The van der Waals surface area contributed by atoms with E-state index in [-0.39, 0.29) is 23.8 Å². The molecule has 1 aliphatic heterocycles. The molecule has 1 unspecified atom stereocenters. The van der Waals surface area contributed by atoms with Gasteiger partial charge >= 0.3 is 5.97 Å². The van der Waals surface area contributed by atoms with Gasteiger partial charge in [0.2, 0.25) is 0 Å². The molecule has 0 saturated carbocycles. The number of hydrogen-bond donors (Lipinski definition) is 1. The van der Waals surface area contributed by atoms with Crippen LogP contribution in [0.15, 0.2) is 24.3 Å². The van der Waals surface area contributed by atoms with E-state index in [9.17, 15) is 4.79 Å². The molecule has 0 bridgehead atoms. The number of likely N-dealkylation sites (tertiary alicyclic amines) is 1. The van der Waals surface area contributed by atoms with Crippen molar-refractivity contribution < 1.29 is 9.53 Å². The van der Waals surface area contributed by atoms with Gasteiger partial charge in [0.05, 0.1) is 12.7 Å². The Bertz CT molecular complexity index is 450. The summed E-state index contributed by atoms with van der Waals surface area (Å²) in [6.45, 7) is 6.03. The van der Waals surface area contributed by atoms with Crippen LogP contribution < -0.4 is 5.73 Å². The number of nitrogens with zero attached hydrogens (tertiary/aromatic N) is 1. The maximum Gasteiger partial charge on any atom is 0.337 e. The number of nitrogens with two attached hydrogens (primary N) is 1. The summed E-state index contributed by atoms with van der Waals surface area (Å²) in [5.74, 6) is -0.288. The lowest BCUT2D eigenvalue weighted by molar-refractivity contribution is 0.0600. The standard InChI is InChI=1S/C15H22N2O2.ClH/c1-15(10-16)7-8-17(11-15)9-12-3-5-13(6-4-12)14(18)19-2;/h3-6H,7-11,16H2,1-2H3;1H. The van der Waals surface area contributed by atoms with Crippen molar-refractivity contribution in [2.75, 3.05) is 26.7 Å². The minimum absolute atomic E-state index is 0. The Balaban J connectivity index is 0.00000200. The number of methoxy groups -OCH3 is 1. The summed E-state index contributed by atoms with van der Waals surface area (Å²) in [6, 6.07) is 7.62. The van der Waals surface area contributed by atoms with Gasteiger partial charge in [0.1, 0.15) is 0 Å². The molecule has 4 nitrogen and oxygen atoms in total. The summed E-state index contributed by atoms with van der Waals surface area (Å²) in [5, 5.41) is 0. The molecule has 1 atom stereocenters. The topological polar surface area (TPSA) is 55.6 Å². The van der Waals surface area contributed by atoms with Gasteiger partial charge in [-0.3, -0.25) is 4.90 Å². The van der Waals surface area contributed by atoms with Crippen LogP contribution >= 0.6 is 12.4 Å². The lowest BCUT2D eigenvalue weighted by Gasteiger charge is -2.22. The Morgan fingerprint density at radius 2 is 2.05 bits per heavy atom. The summed E-state index contributed by atoms with van der Waals surface area (Å²) in [5.41, 5.74) is 7.88. The molecule has 112 valence electrons. The molecule has 0 spiro atoms. The van der Waals surface area contributed by atoms with E-state index >= 15 is 0 Å². The minimum Gasteiger partial charge on any atom is -0.465 e. The number of esters is 1. The van der Waals surface area contributed by atoms with Crippen LogP contribution in [0.2, 0.25) is 0 Å². The number of benzene rings is 1.